The molecule has 3 aliphatic rings. The van der Waals surface area contributed by atoms with E-state index >= 15 is 0 Å². The minimum absolute atomic E-state index is 0. The molecule has 0 unspecified atom stereocenters. The summed E-state index contributed by atoms with van der Waals surface area (Å²) in [6, 6.07) is 0.981. The molecule has 0 amide bonds. The van der Waals surface area contributed by atoms with Crippen molar-refractivity contribution < 1.29 is 33.2 Å². The van der Waals surface area contributed by atoms with Crippen LogP contribution in [-0.2, 0) is 4.74 Å². The van der Waals surface area contributed by atoms with E-state index in [9.17, 15) is 0 Å². The van der Waals surface area contributed by atoms with Crippen molar-refractivity contribution in [3.05, 3.63) is 0 Å². The van der Waals surface area contributed by atoms with Gasteiger partial charge in [-0.05, 0) is 25.7 Å². The van der Waals surface area contributed by atoms with Gasteiger partial charge in [-0.25, -0.2) is 0 Å². The molecule has 2 saturated heterocycles. The highest BCUT2D eigenvalue weighted by Crippen LogP contribution is 2.45. The lowest BCUT2D eigenvalue weighted by Crippen LogP contribution is -3.00. The van der Waals surface area contributed by atoms with Gasteiger partial charge in [-0.1, -0.05) is 6.42 Å². The summed E-state index contributed by atoms with van der Waals surface area (Å²) in [5.41, 5.74) is 0.631. The van der Waals surface area contributed by atoms with Gasteiger partial charge < -0.3 is 33.2 Å². The van der Waals surface area contributed by atoms with Crippen LogP contribution in [0.25, 0.3) is 0 Å². The van der Waals surface area contributed by atoms with Crippen LogP contribution in [0, 0.1) is 5.41 Å². The van der Waals surface area contributed by atoms with Crippen LogP contribution in [0.4, 0.5) is 0 Å². The Morgan fingerprint density at radius 2 is 1.67 bits per heavy atom. The van der Waals surface area contributed by atoms with Crippen molar-refractivity contribution in [1.82, 2.24) is 0 Å². The van der Waals surface area contributed by atoms with Crippen molar-refractivity contribution >= 4 is 0 Å². The Kier molecular flexibility index (Phi) is 3.35. The van der Waals surface area contributed by atoms with Crippen LogP contribution in [0.2, 0.25) is 0 Å². The molecule has 3 fully saturated rings. The summed E-state index contributed by atoms with van der Waals surface area (Å²) in [6.45, 7) is 4.90. The van der Waals surface area contributed by atoms with Gasteiger partial charge >= 0.3 is 0 Å². The molecule has 3 heteroatoms. The van der Waals surface area contributed by atoms with Crippen LogP contribution < -0.4 is 24.0 Å². The largest absolute Gasteiger partial charge is 1.00 e. The number of quaternary nitrogens is 1. The second-order valence-corrected chi connectivity index (χ2v) is 6.08. The van der Waals surface area contributed by atoms with Crippen LogP contribution in [0.3, 0.4) is 0 Å². The van der Waals surface area contributed by atoms with Gasteiger partial charge in [0.2, 0.25) is 0 Å². The van der Waals surface area contributed by atoms with Crippen LogP contribution in [0.15, 0.2) is 0 Å². The second-order valence-electron chi connectivity index (χ2n) is 6.08. The Labute approximate surface area is 110 Å². The number of rotatable bonds is 1. The third-order valence-corrected chi connectivity index (χ3v) is 4.67. The third-order valence-electron chi connectivity index (χ3n) is 4.67. The first kappa shape index (κ1) is 12.1. The molecule has 3 rings (SSSR count). The highest BCUT2D eigenvalue weighted by molar-refractivity contribution is 4.93. The van der Waals surface area contributed by atoms with Gasteiger partial charge in [-0.15, -0.1) is 0 Å². The van der Waals surface area contributed by atoms with E-state index in [2.05, 4.69) is 7.05 Å². The van der Waals surface area contributed by atoms with Crippen LogP contribution in [-0.4, -0.2) is 43.9 Å². The number of ether oxygens (including phenoxy) is 1. The molecule has 2 nitrogen and oxygen atoms in total. The monoisotopic (exact) mass is 323 g/mol. The van der Waals surface area contributed by atoms with Crippen molar-refractivity contribution in [1.29, 1.82) is 0 Å². The lowest BCUT2D eigenvalue weighted by Gasteiger charge is -2.62. The Morgan fingerprint density at radius 1 is 1.07 bits per heavy atom. The normalized spacial score (nSPS) is 32.6. The average Bonchev–Trinajstić information content (AvgIpc) is 2.11. The van der Waals surface area contributed by atoms with Gasteiger partial charge in [0.25, 0.3) is 0 Å². The Bertz CT molecular complexity index is 226. The maximum Gasteiger partial charge on any atom is 0.115 e. The van der Waals surface area contributed by atoms with E-state index in [1.807, 2.05) is 0 Å². The number of hydrogen-bond acceptors (Lipinski definition) is 1. The lowest BCUT2D eigenvalue weighted by atomic mass is 9.73. The molecule has 0 N–H and O–H groups in total. The smallest absolute Gasteiger partial charge is 0.115 e. The molecule has 2 aliphatic heterocycles. The van der Waals surface area contributed by atoms with E-state index in [-0.39, 0.29) is 24.0 Å². The Morgan fingerprint density at radius 3 is 2.13 bits per heavy atom. The average molecular weight is 323 g/mol. The predicted octanol–water partition coefficient (Wildman–Crippen LogP) is -1.20. The minimum Gasteiger partial charge on any atom is -1.00 e. The standard InChI is InChI=1S/C12H22NO.HI/c1-13(11-5-3-2-4-6-11)7-12(8-13)9-14-10-12;/h11H,2-10H2,1H3;1H/q+1;/p-1. The topological polar surface area (TPSA) is 9.23 Å². The molecule has 0 radical (unpaired) electrons. The molecule has 15 heavy (non-hydrogen) atoms. The predicted molar refractivity (Wildman–Crippen MR) is 56.0 cm³/mol. The van der Waals surface area contributed by atoms with Gasteiger partial charge in [0.05, 0.1) is 39.4 Å². The van der Waals surface area contributed by atoms with Crippen molar-refractivity contribution in [2.75, 3.05) is 33.4 Å². The molecule has 88 valence electrons. The molecule has 1 saturated carbocycles. The number of hydrogen-bond donors (Lipinski definition) is 0. The first-order valence-electron chi connectivity index (χ1n) is 6.15. The van der Waals surface area contributed by atoms with Crippen LogP contribution in [0.1, 0.15) is 32.1 Å². The zero-order valence-corrected chi connectivity index (χ0v) is 11.8. The van der Waals surface area contributed by atoms with E-state index in [0.717, 1.165) is 19.3 Å². The highest BCUT2D eigenvalue weighted by Gasteiger charge is 2.60. The van der Waals surface area contributed by atoms with Crippen molar-refractivity contribution in [2.45, 2.75) is 38.1 Å². The van der Waals surface area contributed by atoms with Crippen LogP contribution in [0.5, 0.6) is 0 Å². The van der Waals surface area contributed by atoms with E-state index in [1.165, 1.54) is 49.7 Å². The fraction of sp³-hybridized carbons (Fsp3) is 1.00. The SMILES string of the molecule is C[N+]1(C2CCCCC2)CC2(COC2)C1.[I-]. The van der Waals surface area contributed by atoms with Crippen LogP contribution >= 0.6 is 0 Å². The van der Waals surface area contributed by atoms with E-state index in [0.29, 0.717) is 5.41 Å². The Balaban J connectivity index is 0.000000853. The molecular formula is C12H22INO. The molecule has 0 atom stereocenters. The third kappa shape index (κ3) is 1.95. The van der Waals surface area contributed by atoms with Gasteiger partial charge in [-0.2, -0.15) is 0 Å². The summed E-state index contributed by atoms with van der Waals surface area (Å²) in [7, 11) is 2.47. The lowest BCUT2D eigenvalue weighted by molar-refractivity contribution is -0.993. The number of halogens is 1. The van der Waals surface area contributed by atoms with Gasteiger partial charge in [0.1, 0.15) is 5.41 Å². The summed E-state index contributed by atoms with van der Waals surface area (Å²) in [5.74, 6) is 0. The summed E-state index contributed by atoms with van der Waals surface area (Å²) in [6.07, 6.45) is 7.38. The van der Waals surface area contributed by atoms with Crippen molar-refractivity contribution in [3.8, 4) is 0 Å². The number of likely N-dealkylation sites (tertiary alicyclic amines) is 1. The van der Waals surface area contributed by atoms with E-state index in [1.54, 1.807) is 0 Å². The maximum absolute atomic E-state index is 5.35. The molecule has 0 aromatic carbocycles. The van der Waals surface area contributed by atoms with Gasteiger partial charge in [0.15, 0.2) is 0 Å². The van der Waals surface area contributed by atoms with Gasteiger partial charge in [0, 0.05) is 0 Å². The fourth-order valence-corrected chi connectivity index (χ4v) is 4.02. The summed E-state index contributed by atoms with van der Waals surface area (Å²) < 4.78 is 6.72. The van der Waals surface area contributed by atoms with E-state index < -0.39 is 0 Å². The molecule has 1 aliphatic carbocycles. The van der Waals surface area contributed by atoms with Crippen molar-refractivity contribution in [2.24, 2.45) is 5.41 Å². The molecule has 0 aromatic heterocycles. The zero-order chi connectivity index (χ0) is 9.65. The summed E-state index contributed by atoms with van der Waals surface area (Å²) in [4.78, 5) is 0. The zero-order valence-electron chi connectivity index (χ0n) is 9.67. The molecule has 0 bridgehead atoms. The summed E-state index contributed by atoms with van der Waals surface area (Å²) in [5, 5.41) is 0. The molecule has 2 heterocycles. The number of nitrogens with zero attached hydrogens (tertiary/aromatic N) is 1. The quantitative estimate of drug-likeness (QED) is 0.435. The Hall–Kier alpha value is 0.650. The molecule has 0 aromatic rings. The first-order chi connectivity index (χ1) is 6.73. The summed E-state index contributed by atoms with van der Waals surface area (Å²) >= 11 is 0. The maximum atomic E-state index is 5.35. The fourth-order valence-electron chi connectivity index (χ4n) is 4.02. The second kappa shape index (κ2) is 4.15. The van der Waals surface area contributed by atoms with Crippen molar-refractivity contribution in [3.63, 3.8) is 0 Å². The minimum atomic E-state index is 0. The molecular weight excluding hydrogens is 301 g/mol. The van der Waals surface area contributed by atoms with E-state index in [4.69, 9.17) is 4.74 Å². The highest BCUT2D eigenvalue weighted by atomic mass is 127. The van der Waals surface area contributed by atoms with Gasteiger partial charge in [-0.3, -0.25) is 0 Å². The first-order valence-corrected chi connectivity index (χ1v) is 6.15. The molecule has 1 spiro atoms.